The molecule has 1 atom stereocenters. The first kappa shape index (κ1) is 13.1. The summed E-state index contributed by atoms with van der Waals surface area (Å²) >= 11 is 0. The average molecular weight is 300 g/mol. The second kappa shape index (κ2) is 5.09. The predicted octanol–water partition coefficient (Wildman–Crippen LogP) is 2.03. The molecular weight excluding hydrogens is 280 g/mol. The lowest BCUT2D eigenvalue weighted by molar-refractivity contribution is 0.874. The van der Waals surface area contributed by atoms with Crippen molar-refractivity contribution in [1.82, 2.24) is 5.32 Å². The van der Waals surface area contributed by atoms with Crippen molar-refractivity contribution in [2.45, 2.75) is 19.3 Å². The highest BCUT2D eigenvalue weighted by Gasteiger charge is 2.21. The second-order valence-electron chi connectivity index (χ2n) is 6.66. The number of amidine groups is 1. The van der Waals surface area contributed by atoms with Crippen LogP contribution in [-0.2, 0) is 12.8 Å². The minimum atomic E-state index is 0.430. The van der Waals surface area contributed by atoms with Gasteiger partial charge in [0, 0.05) is 12.5 Å². The van der Waals surface area contributed by atoms with Crippen molar-refractivity contribution in [3.63, 3.8) is 0 Å². The van der Waals surface area contributed by atoms with Crippen molar-refractivity contribution < 1.29 is 0 Å². The van der Waals surface area contributed by atoms with Crippen LogP contribution in [0.1, 0.15) is 17.5 Å². The van der Waals surface area contributed by atoms with Gasteiger partial charge in [0.2, 0.25) is 0 Å². The van der Waals surface area contributed by atoms with Gasteiger partial charge < -0.3 is 5.32 Å². The molecule has 2 aliphatic carbocycles. The monoisotopic (exact) mass is 300 g/mol. The highest BCUT2D eigenvalue weighted by molar-refractivity contribution is 5.91. The lowest BCUT2D eigenvalue weighted by atomic mass is 9.82. The third-order valence-corrected chi connectivity index (χ3v) is 5.35. The summed E-state index contributed by atoms with van der Waals surface area (Å²) in [6.45, 7) is 1.92. The van der Waals surface area contributed by atoms with E-state index >= 15 is 0 Å². The van der Waals surface area contributed by atoms with Crippen molar-refractivity contribution in [2.75, 3.05) is 13.1 Å². The number of hydrogen-bond acceptors (Lipinski definition) is 2. The minimum absolute atomic E-state index is 0.430. The Morgan fingerprint density at radius 2 is 1.96 bits per heavy atom. The molecule has 0 fully saturated rings. The summed E-state index contributed by atoms with van der Waals surface area (Å²) in [5.74, 6) is 1.61. The van der Waals surface area contributed by atoms with Crippen LogP contribution < -0.4 is 15.8 Å². The Labute approximate surface area is 136 Å². The van der Waals surface area contributed by atoms with E-state index in [1.807, 2.05) is 0 Å². The first-order valence-electron chi connectivity index (χ1n) is 8.60. The number of benzene rings is 2. The molecule has 0 bridgehead atoms. The van der Waals surface area contributed by atoms with Crippen molar-refractivity contribution in [3.05, 3.63) is 58.0 Å². The number of aryl methyl sites for hydroxylation is 1. The van der Waals surface area contributed by atoms with E-state index in [1.54, 1.807) is 0 Å². The van der Waals surface area contributed by atoms with Crippen LogP contribution in [0.15, 0.2) is 41.4 Å². The summed E-state index contributed by atoms with van der Waals surface area (Å²) in [7, 11) is 0. The summed E-state index contributed by atoms with van der Waals surface area (Å²) in [6, 6.07) is 13.5. The van der Waals surface area contributed by atoms with E-state index in [9.17, 15) is 0 Å². The summed E-state index contributed by atoms with van der Waals surface area (Å²) < 4.78 is 0. The normalized spacial score (nSPS) is 21.0. The topological polar surface area (TPSA) is 24.4 Å². The summed E-state index contributed by atoms with van der Waals surface area (Å²) in [4.78, 5) is 4.60. The third kappa shape index (κ3) is 2.05. The zero-order chi connectivity index (χ0) is 15.2. The third-order valence-electron chi connectivity index (χ3n) is 5.35. The maximum Gasteiger partial charge on any atom is 0.104 e. The molecule has 0 saturated carbocycles. The SMILES string of the molecule is C1=c2ccc3c(c2=CCC1C1=NCCN1)CCc1ccccc1-3. The molecule has 2 heteroatoms. The van der Waals surface area contributed by atoms with Gasteiger partial charge in [-0.15, -0.1) is 0 Å². The number of nitrogens with zero attached hydrogens (tertiary/aromatic N) is 1. The quantitative estimate of drug-likeness (QED) is 0.856. The molecule has 114 valence electrons. The Bertz CT molecular complexity index is 937. The first-order valence-corrected chi connectivity index (χ1v) is 8.60. The molecule has 0 radical (unpaired) electrons. The van der Waals surface area contributed by atoms with Crippen LogP contribution in [0.25, 0.3) is 23.3 Å². The Kier molecular flexibility index (Phi) is 2.90. The summed E-state index contributed by atoms with van der Waals surface area (Å²) in [5.41, 5.74) is 5.89. The lowest BCUT2D eigenvalue weighted by Gasteiger charge is -2.22. The molecule has 1 unspecified atom stereocenters. The van der Waals surface area contributed by atoms with E-state index in [0.29, 0.717) is 5.92 Å². The van der Waals surface area contributed by atoms with Crippen molar-refractivity contribution in [1.29, 1.82) is 0 Å². The Balaban J connectivity index is 1.66. The largest absolute Gasteiger partial charge is 0.371 e. The fourth-order valence-corrected chi connectivity index (χ4v) is 4.24. The molecule has 0 amide bonds. The van der Waals surface area contributed by atoms with Gasteiger partial charge in [0.25, 0.3) is 0 Å². The van der Waals surface area contributed by atoms with Crippen LogP contribution in [0.4, 0.5) is 0 Å². The molecule has 0 aromatic heterocycles. The molecule has 2 aromatic carbocycles. The van der Waals surface area contributed by atoms with E-state index in [1.165, 1.54) is 38.5 Å². The number of rotatable bonds is 1. The summed E-state index contributed by atoms with van der Waals surface area (Å²) in [6.07, 6.45) is 8.23. The molecule has 0 saturated heterocycles. The molecule has 1 N–H and O–H groups in total. The zero-order valence-electron chi connectivity index (χ0n) is 13.2. The number of aliphatic imine (C=N–C) groups is 1. The molecule has 1 aliphatic heterocycles. The Morgan fingerprint density at radius 1 is 1.00 bits per heavy atom. The van der Waals surface area contributed by atoms with Gasteiger partial charge in [0.1, 0.15) is 5.84 Å². The molecule has 5 rings (SSSR count). The van der Waals surface area contributed by atoms with Gasteiger partial charge in [-0.1, -0.05) is 48.6 Å². The van der Waals surface area contributed by atoms with Crippen molar-refractivity contribution >= 4 is 18.0 Å². The van der Waals surface area contributed by atoms with Crippen molar-refractivity contribution in [3.8, 4) is 11.1 Å². The molecule has 1 heterocycles. The van der Waals surface area contributed by atoms with Gasteiger partial charge in [0.05, 0.1) is 6.54 Å². The summed E-state index contributed by atoms with van der Waals surface area (Å²) in [5, 5.41) is 6.28. The van der Waals surface area contributed by atoms with Gasteiger partial charge in [-0.05, 0) is 52.0 Å². The smallest absolute Gasteiger partial charge is 0.104 e. The van der Waals surface area contributed by atoms with E-state index in [4.69, 9.17) is 0 Å². The van der Waals surface area contributed by atoms with Crippen LogP contribution in [0.2, 0.25) is 0 Å². The first-order chi connectivity index (χ1) is 11.4. The highest BCUT2D eigenvalue weighted by Crippen LogP contribution is 2.31. The highest BCUT2D eigenvalue weighted by atomic mass is 15.1. The zero-order valence-corrected chi connectivity index (χ0v) is 13.2. The molecule has 23 heavy (non-hydrogen) atoms. The number of nitrogens with one attached hydrogen (secondary N) is 1. The van der Waals surface area contributed by atoms with Crippen LogP contribution in [-0.4, -0.2) is 18.9 Å². The van der Waals surface area contributed by atoms with E-state index in [-0.39, 0.29) is 0 Å². The van der Waals surface area contributed by atoms with Gasteiger partial charge in [-0.25, -0.2) is 0 Å². The lowest BCUT2D eigenvalue weighted by Crippen LogP contribution is -2.37. The standard InChI is InChI=1S/C21H20N2/c1-2-4-17-14(3-1)5-9-20-18-8-7-16(21-22-11-12-23-21)13-15(18)6-10-19(17)20/h1-4,6,8,10,13,16H,5,7,9,11-12H2,(H,22,23). The van der Waals surface area contributed by atoms with E-state index in [2.05, 4.69) is 58.9 Å². The van der Waals surface area contributed by atoms with Gasteiger partial charge >= 0.3 is 0 Å². The average Bonchev–Trinajstić information content (AvgIpc) is 3.15. The van der Waals surface area contributed by atoms with Crippen LogP contribution in [0.5, 0.6) is 0 Å². The van der Waals surface area contributed by atoms with Crippen LogP contribution in [0, 0.1) is 5.92 Å². The molecule has 2 nitrogen and oxygen atoms in total. The fourth-order valence-electron chi connectivity index (χ4n) is 4.24. The molecule has 3 aliphatic rings. The van der Waals surface area contributed by atoms with Gasteiger partial charge in [-0.3, -0.25) is 4.99 Å². The molecular formula is C21H20N2. The fraction of sp³-hybridized carbons (Fsp3) is 0.286. The van der Waals surface area contributed by atoms with Crippen LogP contribution >= 0.6 is 0 Å². The Morgan fingerprint density at radius 3 is 2.87 bits per heavy atom. The van der Waals surface area contributed by atoms with Gasteiger partial charge in [0.15, 0.2) is 0 Å². The molecule has 2 aromatic rings. The molecule has 0 spiro atoms. The number of hydrogen-bond donors (Lipinski definition) is 1. The second-order valence-corrected chi connectivity index (χ2v) is 6.66. The number of fused-ring (bicyclic) bond motifs is 5. The minimum Gasteiger partial charge on any atom is -0.371 e. The Hall–Kier alpha value is -2.35. The maximum absolute atomic E-state index is 4.60. The maximum atomic E-state index is 4.60. The van der Waals surface area contributed by atoms with Crippen LogP contribution in [0.3, 0.4) is 0 Å². The predicted molar refractivity (Wildman–Crippen MR) is 95.9 cm³/mol. The van der Waals surface area contributed by atoms with Gasteiger partial charge in [-0.2, -0.15) is 0 Å². The van der Waals surface area contributed by atoms with E-state index in [0.717, 1.165) is 32.4 Å². The van der Waals surface area contributed by atoms with Crippen molar-refractivity contribution in [2.24, 2.45) is 10.9 Å². The van der Waals surface area contributed by atoms with E-state index < -0.39 is 0 Å².